The van der Waals surface area contributed by atoms with Crippen LogP contribution in [0.1, 0.15) is 26.7 Å². The standard InChI is InChI=1S/C10H13NO4/c1-4-10(9(14)15,11-8(3)13)6-5-7(2)12/h1H,5-6H2,2-3H3,(H,11,13)(H,14,15). The van der Waals surface area contributed by atoms with Crippen molar-refractivity contribution in [2.75, 3.05) is 0 Å². The number of aliphatic carboxylic acids is 1. The number of carbonyl (C=O) groups excluding carboxylic acids is 2. The van der Waals surface area contributed by atoms with Crippen LogP contribution >= 0.6 is 0 Å². The lowest BCUT2D eigenvalue weighted by molar-refractivity contribution is -0.145. The molecule has 1 atom stereocenters. The van der Waals surface area contributed by atoms with Crippen LogP contribution < -0.4 is 5.32 Å². The van der Waals surface area contributed by atoms with Crippen molar-refractivity contribution in [3.05, 3.63) is 0 Å². The first-order valence-electron chi connectivity index (χ1n) is 4.33. The van der Waals surface area contributed by atoms with Gasteiger partial charge in [-0.1, -0.05) is 5.92 Å². The lowest BCUT2D eigenvalue weighted by atomic mass is 9.93. The fourth-order valence-corrected chi connectivity index (χ4v) is 1.06. The molecule has 0 spiro atoms. The number of ketones is 1. The zero-order chi connectivity index (χ0) is 12.1. The summed E-state index contributed by atoms with van der Waals surface area (Å²) in [6.07, 6.45) is 4.99. The molecule has 0 aliphatic carbocycles. The smallest absolute Gasteiger partial charge is 0.342 e. The van der Waals surface area contributed by atoms with E-state index >= 15 is 0 Å². The first-order chi connectivity index (χ1) is 6.84. The summed E-state index contributed by atoms with van der Waals surface area (Å²) in [6.45, 7) is 2.50. The van der Waals surface area contributed by atoms with Gasteiger partial charge in [0.05, 0.1) is 0 Å². The number of carbonyl (C=O) groups is 3. The number of hydrogen-bond acceptors (Lipinski definition) is 3. The Morgan fingerprint density at radius 2 is 1.93 bits per heavy atom. The summed E-state index contributed by atoms with van der Waals surface area (Å²) in [5, 5.41) is 11.1. The van der Waals surface area contributed by atoms with Gasteiger partial charge in [-0.15, -0.1) is 6.42 Å². The third-order valence-corrected chi connectivity index (χ3v) is 1.85. The molecule has 0 saturated carbocycles. The number of terminal acetylenes is 1. The number of carboxylic acid groups (broad SMARTS) is 1. The van der Waals surface area contributed by atoms with E-state index in [-0.39, 0.29) is 18.6 Å². The molecule has 1 unspecified atom stereocenters. The Morgan fingerprint density at radius 3 is 2.20 bits per heavy atom. The highest BCUT2D eigenvalue weighted by Crippen LogP contribution is 2.13. The molecule has 5 heteroatoms. The molecule has 0 fully saturated rings. The molecule has 0 bridgehead atoms. The molecule has 0 aromatic rings. The molecule has 5 nitrogen and oxygen atoms in total. The van der Waals surface area contributed by atoms with E-state index in [1.165, 1.54) is 13.8 Å². The van der Waals surface area contributed by atoms with Gasteiger partial charge in [0.25, 0.3) is 0 Å². The van der Waals surface area contributed by atoms with Crippen molar-refractivity contribution in [3.8, 4) is 12.3 Å². The van der Waals surface area contributed by atoms with Gasteiger partial charge in [0.2, 0.25) is 5.91 Å². The molecule has 0 aromatic heterocycles. The van der Waals surface area contributed by atoms with E-state index in [1.54, 1.807) is 0 Å². The maximum Gasteiger partial charge on any atom is 0.342 e. The Kier molecular flexibility index (Phi) is 4.52. The van der Waals surface area contributed by atoms with Crippen LogP contribution in [0.5, 0.6) is 0 Å². The predicted octanol–water partition coefficient (Wildman–Crippen LogP) is -0.0517. The third-order valence-electron chi connectivity index (χ3n) is 1.85. The largest absolute Gasteiger partial charge is 0.479 e. The van der Waals surface area contributed by atoms with Gasteiger partial charge in [-0.3, -0.25) is 4.79 Å². The molecule has 0 aromatic carbocycles. The Hall–Kier alpha value is -1.83. The summed E-state index contributed by atoms with van der Waals surface area (Å²) in [7, 11) is 0. The zero-order valence-electron chi connectivity index (χ0n) is 8.66. The molecule has 0 radical (unpaired) electrons. The number of rotatable bonds is 5. The van der Waals surface area contributed by atoms with Crippen molar-refractivity contribution in [1.29, 1.82) is 0 Å². The van der Waals surface area contributed by atoms with E-state index in [0.29, 0.717) is 0 Å². The van der Waals surface area contributed by atoms with Crippen LogP contribution in [0.3, 0.4) is 0 Å². The molecule has 2 N–H and O–H groups in total. The molecule has 0 saturated heterocycles. The van der Waals surface area contributed by atoms with Crippen molar-refractivity contribution in [2.45, 2.75) is 32.2 Å². The average Bonchev–Trinajstić information content (AvgIpc) is 2.11. The van der Waals surface area contributed by atoms with Crippen LogP contribution in [0, 0.1) is 12.3 Å². The van der Waals surface area contributed by atoms with Crippen molar-refractivity contribution in [2.24, 2.45) is 0 Å². The SMILES string of the molecule is C#CC(CCC(C)=O)(NC(C)=O)C(=O)O. The van der Waals surface area contributed by atoms with Crippen molar-refractivity contribution in [1.82, 2.24) is 5.32 Å². The summed E-state index contributed by atoms with van der Waals surface area (Å²) in [5.41, 5.74) is -1.78. The molecule has 15 heavy (non-hydrogen) atoms. The normalized spacial score (nSPS) is 13.4. The predicted molar refractivity (Wildman–Crippen MR) is 52.9 cm³/mol. The fraction of sp³-hybridized carbons (Fsp3) is 0.500. The molecule has 0 aliphatic heterocycles. The maximum absolute atomic E-state index is 10.9. The van der Waals surface area contributed by atoms with Crippen LogP contribution in [0.15, 0.2) is 0 Å². The number of nitrogens with one attached hydrogen (secondary N) is 1. The Labute approximate surface area is 87.9 Å². The lowest BCUT2D eigenvalue weighted by Gasteiger charge is -2.23. The zero-order valence-corrected chi connectivity index (χ0v) is 8.66. The van der Waals surface area contributed by atoms with E-state index in [4.69, 9.17) is 11.5 Å². The van der Waals surface area contributed by atoms with Crippen LogP contribution in [-0.4, -0.2) is 28.3 Å². The summed E-state index contributed by atoms with van der Waals surface area (Å²) in [4.78, 5) is 32.5. The minimum absolute atomic E-state index is 0.0107. The second-order valence-corrected chi connectivity index (χ2v) is 3.24. The fourth-order valence-electron chi connectivity index (χ4n) is 1.06. The maximum atomic E-state index is 10.9. The highest BCUT2D eigenvalue weighted by Gasteiger charge is 2.37. The van der Waals surface area contributed by atoms with Gasteiger partial charge in [0.1, 0.15) is 5.78 Å². The summed E-state index contributed by atoms with van der Waals surface area (Å²) >= 11 is 0. The Morgan fingerprint density at radius 1 is 1.40 bits per heavy atom. The van der Waals surface area contributed by atoms with Crippen LogP contribution in [-0.2, 0) is 14.4 Å². The molecular weight excluding hydrogens is 198 g/mol. The Balaban J connectivity index is 4.83. The first-order valence-corrected chi connectivity index (χ1v) is 4.33. The van der Waals surface area contributed by atoms with Gasteiger partial charge >= 0.3 is 5.97 Å². The average molecular weight is 211 g/mol. The van der Waals surface area contributed by atoms with Crippen LogP contribution in [0.2, 0.25) is 0 Å². The van der Waals surface area contributed by atoms with Crippen LogP contribution in [0.25, 0.3) is 0 Å². The number of hydrogen-bond donors (Lipinski definition) is 2. The van der Waals surface area contributed by atoms with Gasteiger partial charge in [-0.2, -0.15) is 0 Å². The molecule has 82 valence electrons. The summed E-state index contributed by atoms with van der Waals surface area (Å²) in [5.74, 6) is -0.0361. The van der Waals surface area contributed by atoms with Gasteiger partial charge < -0.3 is 15.2 Å². The number of amides is 1. The minimum atomic E-state index is -1.78. The third kappa shape index (κ3) is 3.81. The lowest BCUT2D eigenvalue weighted by Crippen LogP contribution is -2.53. The van der Waals surface area contributed by atoms with E-state index in [9.17, 15) is 14.4 Å². The molecule has 0 heterocycles. The highest BCUT2D eigenvalue weighted by molar-refractivity contribution is 5.90. The number of Topliss-reactive ketones (excluding diaryl/α,β-unsaturated/α-hetero) is 1. The number of carboxylic acids is 1. The minimum Gasteiger partial charge on any atom is -0.479 e. The highest BCUT2D eigenvalue weighted by atomic mass is 16.4. The molecule has 0 aliphatic rings. The van der Waals surface area contributed by atoms with E-state index in [2.05, 4.69) is 5.32 Å². The van der Waals surface area contributed by atoms with Crippen molar-refractivity contribution in [3.63, 3.8) is 0 Å². The second-order valence-electron chi connectivity index (χ2n) is 3.24. The monoisotopic (exact) mass is 211 g/mol. The van der Waals surface area contributed by atoms with Crippen molar-refractivity contribution < 1.29 is 19.5 Å². The van der Waals surface area contributed by atoms with E-state index < -0.39 is 17.4 Å². The van der Waals surface area contributed by atoms with Crippen LogP contribution in [0.4, 0.5) is 0 Å². The van der Waals surface area contributed by atoms with Crippen molar-refractivity contribution >= 4 is 17.7 Å². The topological polar surface area (TPSA) is 83.5 Å². The molecule has 1 amide bonds. The Bertz CT molecular complexity index is 329. The molecular formula is C10H13NO4. The van der Waals surface area contributed by atoms with Gasteiger partial charge in [0, 0.05) is 13.3 Å². The quantitative estimate of drug-likeness (QED) is 0.624. The van der Waals surface area contributed by atoms with E-state index in [1.807, 2.05) is 5.92 Å². The first kappa shape index (κ1) is 13.2. The van der Waals surface area contributed by atoms with Gasteiger partial charge in [-0.05, 0) is 13.3 Å². The van der Waals surface area contributed by atoms with Gasteiger partial charge in [0.15, 0.2) is 5.54 Å². The summed E-state index contributed by atoms with van der Waals surface area (Å²) < 4.78 is 0. The second kappa shape index (κ2) is 5.15. The molecule has 0 rings (SSSR count). The van der Waals surface area contributed by atoms with Gasteiger partial charge in [-0.25, -0.2) is 4.79 Å². The summed E-state index contributed by atoms with van der Waals surface area (Å²) in [6, 6.07) is 0. The van der Waals surface area contributed by atoms with E-state index in [0.717, 1.165) is 0 Å².